The fourth-order valence-corrected chi connectivity index (χ4v) is 6.05. The third kappa shape index (κ3) is 4.13. The molecule has 5 heteroatoms. The molecule has 1 spiro atoms. The van der Waals surface area contributed by atoms with Crippen molar-refractivity contribution in [2.45, 2.75) is 64.3 Å². The summed E-state index contributed by atoms with van der Waals surface area (Å²) in [5.74, 6) is 0.676. The highest BCUT2D eigenvalue weighted by Crippen LogP contribution is 2.52. The zero-order chi connectivity index (χ0) is 20.4. The van der Waals surface area contributed by atoms with Crippen LogP contribution >= 0.6 is 11.3 Å². The van der Waals surface area contributed by atoms with Crippen LogP contribution in [0.1, 0.15) is 67.3 Å². The zero-order valence-electron chi connectivity index (χ0n) is 18.0. The summed E-state index contributed by atoms with van der Waals surface area (Å²) in [5.41, 5.74) is 4.40. The summed E-state index contributed by atoms with van der Waals surface area (Å²) < 4.78 is 0. The van der Waals surface area contributed by atoms with Crippen LogP contribution in [0.2, 0.25) is 0 Å². The van der Waals surface area contributed by atoms with Crippen molar-refractivity contribution in [2.24, 2.45) is 0 Å². The molecule has 1 aliphatic heterocycles. The van der Waals surface area contributed by atoms with Crippen LogP contribution in [0.5, 0.6) is 0 Å². The van der Waals surface area contributed by atoms with Crippen LogP contribution < -0.4 is 0 Å². The molecule has 156 valence electrons. The van der Waals surface area contributed by atoms with Gasteiger partial charge in [0.1, 0.15) is 0 Å². The average molecular weight is 412 g/mol. The van der Waals surface area contributed by atoms with E-state index >= 15 is 0 Å². The highest BCUT2D eigenvalue weighted by molar-refractivity contribution is 7.09. The summed E-state index contributed by atoms with van der Waals surface area (Å²) in [6, 6.07) is 8.93. The number of likely N-dealkylation sites (tertiary alicyclic amines) is 1. The molecule has 1 amide bonds. The van der Waals surface area contributed by atoms with E-state index in [9.17, 15) is 4.79 Å². The zero-order valence-corrected chi connectivity index (χ0v) is 18.8. The lowest BCUT2D eigenvalue weighted by atomic mass is 9.73. The molecule has 29 heavy (non-hydrogen) atoms. The minimum Gasteiger partial charge on any atom is -0.343 e. The van der Waals surface area contributed by atoms with Crippen LogP contribution in [0.4, 0.5) is 0 Å². The molecule has 0 N–H and O–H groups in total. The first kappa shape index (κ1) is 20.5. The molecule has 1 aliphatic carbocycles. The quantitative estimate of drug-likeness (QED) is 0.689. The molecule has 2 aromatic rings. The first-order valence-electron chi connectivity index (χ1n) is 11.0. The summed E-state index contributed by atoms with van der Waals surface area (Å²) in [7, 11) is 0. The maximum atomic E-state index is 12.8. The molecule has 2 heterocycles. The van der Waals surface area contributed by atoms with E-state index in [2.05, 4.69) is 60.3 Å². The molecular weight excluding hydrogens is 378 g/mol. The Bertz CT molecular complexity index is 849. The summed E-state index contributed by atoms with van der Waals surface area (Å²) in [4.78, 5) is 22.0. The Morgan fingerprint density at radius 1 is 1.24 bits per heavy atom. The fourth-order valence-electron chi connectivity index (χ4n) is 5.45. The van der Waals surface area contributed by atoms with Gasteiger partial charge in [0.25, 0.3) is 0 Å². The van der Waals surface area contributed by atoms with Crippen molar-refractivity contribution in [2.75, 3.05) is 26.2 Å². The van der Waals surface area contributed by atoms with Gasteiger partial charge in [-0.1, -0.05) is 24.3 Å². The van der Waals surface area contributed by atoms with Crippen molar-refractivity contribution in [3.05, 3.63) is 51.5 Å². The molecule has 1 atom stereocenters. The number of carbonyl (C=O) groups is 1. The van der Waals surface area contributed by atoms with Crippen molar-refractivity contribution in [1.82, 2.24) is 14.8 Å². The lowest BCUT2D eigenvalue weighted by Gasteiger charge is -2.40. The predicted molar refractivity (Wildman–Crippen MR) is 119 cm³/mol. The van der Waals surface area contributed by atoms with E-state index in [1.807, 2.05) is 4.90 Å². The lowest BCUT2D eigenvalue weighted by Crippen LogP contribution is -2.41. The molecule has 1 saturated heterocycles. The SMILES string of the molecule is CCN(CC)C(=O)C[C@@H]1CC2(CCN(Cc3csc(C)n3)CC2)c2ccccc21. The first-order chi connectivity index (χ1) is 14.0. The van der Waals surface area contributed by atoms with E-state index in [1.54, 1.807) is 11.3 Å². The summed E-state index contributed by atoms with van der Waals surface area (Å²) >= 11 is 1.74. The van der Waals surface area contributed by atoms with Gasteiger partial charge in [-0.2, -0.15) is 0 Å². The normalized spacial score (nSPS) is 20.7. The topological polar surface area (TPSA) is 36.4 Å². The molecule has 0 saturated carbocycles. The van der Waals surface area contributed by atoms with E-state index in [0.29, 0.717) is 18.2 Å². The third-order valence-corrected chi connectivity index (χ3v) is 7.83. The highest BCUT2D eigenvalue weighted by Gasteiger charge is 2.45. The van der Waals surface area contributed by atoms with Gasteiger partial charge in [0.05, 0.1) is 10.7 Å². The van der Waals surface area contributed by atoms with Crippen molar-refractivity contribution in [1.29, 1.82) is 0 Å². The number of piperidine rings is 1. The molecule has 0 bridgehead atoms. The van der Waals surface area contributed by atoms with Crippen LogP contribution in [0.15, 0.2) is 29.6 Å². The Morgan fingerprint density at radius 3 is 2.62 bits per heavy atom. The summed E-state index contributed by atoms with van der Waals surface area (Å²) in [5, 5.41) is 3.35. The number of benzene rings is 1. The maximum Gasteiger partial charge on any atom is 0.223 e. The number of hydrogen-bond acceptors (Lipinski definition) is 4. The number of aromatic nitrogens is 1. The van der Waals surface area contributed by atoms with Gasteiger partial charge in [-0.25, -0.2) is 4.98 Å². The molecule has 1 aromatic heterocycles. The molecule has 4 rings (SSSR count). The number of amides is 1. The van der Waals surface area contributed by atoms with Gasteiger partial charge in [-0.05, 0) is 75.6 Å². The molecule has 0 unspecified atom stereocenters. The van der Waals surface area contributed by atoms with Crippen LogP contribution in [-0.4, -0.2) is 46.9 Å². The number of carbonyl (C=O) groups excluding carboxylic acids is 1. The number of aryl methyl sites for hydroxylation is 1. The van der Waals surface area contributed by atoms with Crippen LogP contribution in [0, 0.1) is 6.92 Å². The van der Waals surface area contributed by atoms with Gasteiger partial charge in [0, 0.05) is 31.4 Å². The number of hydrogen-bond donors (Lipinski definition) is 0. The first-order valence-corrected chi connectivity index (χ1v) is 11.9. The number of fused-ring (bicyclic) bond motifs is 2. The van der Waals surface area contributed by atoms with Gasteiger partial charge >= 0.3 is 0 Å². The number of thiazole rings is 1. The number of rotatable bonds is 6. The average Bonchev–Trinajstić information content (AvgIpc) is 3.27. The van der Waals surface area contributed by atoms with E-state index < -0.39 is 0 Å². The second-order valence-electron chi connectivity index (χ2n) is 8.67. The van der Waals surface area contributed by atoms with E-state index in [1.165, 1.54) is 29.7 Å². The van der Waals surface area contributed by atoms with Gasteiger partial charge in [-0.3, -0.25) is 9.69 Å². The number of nitrogens with zero attached hydrogens (tertiary/aromatic N) is 3. The Labute approximate surface area is 178 Å². The second kappa shape index (κ2) is 8.57. The van der Waals surface area contributed by atoms with Crippen molar-refractivity contribution < 1.29 is 4.79 Å². The van der Waals surface area contributed by atoms with Crippen molar-refractivity contribution >= 4 is 17.2 Å². The maximum absolute atomic E-state index is 12.8. The lowest BCUT2D eigenvalue weighted by molar-refractivity contribution is -0.131. The van der Waals surface area contributed by atoms with E-state index in [-0.39, 0.29) is 5.41 Å². The Balaban J connectivity index is 1.46. The molecule has 1 aromatic carbocycles. The van der Waals surface area contributed by atoms with Crippen LogP contribution in [0.3, 0.4) is 0 Å². The standard InChI is InChI=1S/C24H33N3OS/c1-4-27(5-2)23(28)14-19-15-24(22-9-7-6-8-21(19)22)10-12-26(13-11-24)16-20-17-29-18(3)25-20/h6-9,17,19H,4-5,10-16H2,1-3H3/t19-/m1/s1. The molecule has 0 radical (unpaired) electrons. The Kier molecular flexibility index (Phi) is 6.07. The largest absolute Gasteiger partial charge is 0.343 e. The fraction of sp³-hybridized carbons (Fsp3) is 0.583. The van der Waals surface area contributed by atoms with Gasteiger partial charge in [0.15, 0.2) is 0 Å². The van der Waals surface area contributed by atoms with Crippen LogP contribution in [-0.2, 0) is 16.8 Å². The highest BCUT2D eigenvalue weighted by atomic mass is 32.1. The smallest absolute Gasteiger partial charge is 0.223 e. The molecular formula is C24H33N3OS. The second-order valence-corrected chi connectivity index (χ2v) is 9.74. The third-order valence-electron chi connectivity index (χ3n) is 7.01. The summed E-state index contributed by atoms with van der Waals surface area (Å²) in [6.45, 7) is 11.0. The van der Waals surface area contributed by atoms with Crippen molar-refractivity contribution in [3.8, 4) is 0 Å². The van der Waals surface area contributed by atoms with E-state index in [4.69, 9.17) is 0 Å². The minimum absolute atomic E-state index is 0.249. The summed E-state index contributed by atoms with van der Waals surface area (Å²) in [6.07, 6.45) is 4.15. The van der Waals surface area contributed by atoms with E-state index in [0.717, 1.165) is 44.2 Å². The van der Waals surface area contributed by atoms with Crippen LogP contribution in [0.25, 0.3) is 0 Å². The Hall–Kier alpha value is -1.72. The molecule has 4 nitrogen and oxygen atoms in total. The molecule has 1 fully saturated rings. The monoisotopic (exact) mass is 411 g/mol. The molecule has 2 aliphatic rings. The Morgan fingerprint density at radius 2 is 1.97 bits per heavy atom. The minimum atomic E-state index is 0.249. The van der Waals surface area contributed by atoms with Crippen molar-refractivity contribution in [3.63, 3.8) is 0 Å². The van der Waals surface area contributed by atoms with Gasteiger partial charge in [0.2, 0.25) is 5.91 Å². The van der Waals surface area contributed by atoms with Gasteiger partial charge in [-0.15, -0.1) is 11.3 Å². The predicted octanol–water partition coefficient (Wildman–Crippen LogP) is 4.73. The van der Waals surface area contributed by atoms with Gasteiger partial charge < -0.3 is 4.90 Å².